The number of nitrogens with one attached hydrogen (secondary N) is 1. The molecule has 5 N–H and O–H groups in total. The molecule has 0 unspecified atom stereocenters. The van der Waals surface area contributed by atoms with E-state index in [-0.39, 0.29) is 17.8 Å². The fourth-order valence-electron chi connectivity index (χ4n) is 2.61. The van der Waals surface area contributed by atoms with Crippen LogP contribution in [0.4, 0.5) is 4.79 Å². The molecule has 1 saturated carbocycles. The third kappa shape index (κ3) is 2.41. The summed E-state index contributed by atoms with van der Waals surface area (Å²) < 4.78 is 0. The van der Waals surface area contributed by atoms with Crippen molar-refractivity contribution in [1.29, 1.82) is 0 Å². The number of carbonyl (C=O) groups excluding carboxylic acids is 1. The number of amides is 2. The van der Waals surface area contributed by atoms with Crippen molar-refractivity contribution >= 4 is 11.7 Å². The fraction of sp³-hybridized carbons (Fsp3) is 0.636. The molecule has 0 bridgehead atoms. The summed E-state index contributed by atoms with van der Waals surface area (Å²) in [7, 11) is 0. The standard InChI is InChI=1S/C11H17N3O3/c12-11(17)14-13-8-5-4-7(10(8)16)6-2-1-3-9(6)15/h6,9,15-16H,1-5H2,(H3,12,14,17)/b13-8-/t6-,9-/m1/s1. The number of nitrogens with zero attached hydrogens (tertiary/aromatic N) is 1. The highest BCUT2D eigenvalue weighted by molar-refractivity contribution is 6.01. The number of primary amides is 1. The van der Waals surface area contributed by atoms with Gasteiger partial charge in [-0.25, -0.2) is 10.2 Å². The summed E-state index contributed by atoms with van der Waals surface area (Å²) in [4.78, 5) is 10.5. The van der Waals surface area contributed by atoms with E-state index in [1.54, 1.807) is 0 Å². The van der Waals surface area contributed by atoms with Gasteiger partial charge in [0.25, 0.3) is 0 Å². The monoisotopic (exact) mass is 239 g/mol. The molecule has 2 amide bonds. The third-order valence-corrected chi connectivity index (χ3v) is 3.44. The minimum atomic E-state index is -0.750. The van der Waals surface area contributed by atoms with Gasteiger partial charge in [0.05, 0.1) is 6.10 Å². The number of urea groups is 1. The molecule has 6 nitrogen and oxygen atoms in total. The molecule has 0 spiro atoms. The number of aliphatic hydroxyl groups excluding tert-OH is 2. The van der Waals surface area contributed by atoms with Crippen LogP contribution >= 0.6 is 0 Å². The molecule has 1 fully saturated rings. The number of hydrogen-bond donors (Lipinski definition) is 4. The van der Waals surface area contributed by atoms with Gasteiger partial charge in [-0.3, -0.25) is 0 Å². The minimum absolute atomic E-state index is 0.0382. The van der Waals surface area contributed by atoms with Crippen LogP contribution in [0.3, 0.4) is 0 Å². The first-order valence-corrected chi connectivity index (χ1v) is 5.82. The second kappa shape index (κ2) is 4.75. The molecule has 2 rings (SSSR count). The largest absolute Gasteiger partial charge is 0.506 e. The summed E-state index contributed by atoms with van der Waals surface area (Å²) in [6.07, 6.45) is 3.56. The van der Waals surface area contributed by atoms with Crippen LogP contribution in [0, 0.1) is 5.92 Å². The van der Waals surface area contributed by atoms with Crippen molar-refractivity contribution in [2.24, 2.45) is 16.8 Å². The molecule has 17 heavy (non-hydrogen) atoms. The van der Waals surface area contributed by atoms with E-state index in [1.165, 1.54) is 0 Å². The number of aliphatic hydroxyl groups is 2. The second-order valence-corrected chi connectivity index (χ2v) is 4.51. The van der Waals surface area contributed by atoms with E-state index in [1.807, 2.05) is 0 Å². The number of hydrazone groups is 1. The molecule has 0 aromatic heterocycles. The number of carbonyl (C=O) groups is 1. The Morgan fingerprint density at radius 1 is 1.41 bits per heavy atom. The van der Waals surface area contributed by atoms with Crippen molar-refractivity contribution in [2.45, 2.75) is 38.2 Å². The van der Waals surface area contributed by atoms with Gasteiger partial charge < -0.3 is 15.9 Å². The summed E-state index contributed by atoms with van der Waals surface area (Å²) in [5.74, 6) is 0.154. The zero-order valence-electron chi connectivity index (χ0n) is 9.52. The first kappa shape index (κ1) is 11.9. The lowest BCUT2D eigenvalue weighted by molar-refractivity contribution is 0.145. The van der Waals surface area contributed by atoms with Crippen LogP contribution in [-0.2, 0) is 0 Å². The highest BCUT2D eigenvalue weighted by Crippen LogP contribution is 2.38. The second-order valence-electron chi connectivity index (χ2n) is 4.51. The molecule has 6 heteroatoms. The lowest BCUT2D eigenvalue weighted by Crippen LogP contribution is -2.25. The van der Waals surface area contributed by atoms with Gasteiger partial charge >= 0.3 is 6.03 Å². The number of nitrogens with two attached hydrogens (primary N) is 1. The molecule has 2 atom stereocenters. The van der Waals surface area contributed by atoms with Gasteiger partial charge in [-0.2, -0.15) is 5.10 Å². The summed E-state index contributed by atoms with van der Waals surface area (Å²) in [5.41, 5.74) is 8.31. The van der Waals surface area contributed by atoms with Gasteiger partial charge in [0, 0.05) is 5.92 Å². The molecule has 0 aromatic carbocycles. The van der Waals surface area contributed by atoms with E-state index in [0.29, 0.717) is 18.6 Å². The van der Waals surface area contributed by atoms with Crippen LogP contribution in [-0.4, -0.2) is 28.1 Å². The Bertz CT molecular complexity index is 389. The number of rotatable bonds is 2. The molecule has 0 aromatic rings. The summed E-state index contributed by atoms with van der Waals surface area (Å²) in [6.45, 7) is 0. The third-order valence-electron chi connectivity index (χ3n) is 3.44. The van der Waals surface area contributed by atoms with Gasteiger partial charge in [0.15, 0.2) is 0 Å². The van der Waals surface area contributed by atoms with Crippen LogP contribution in [0.5, 0.6) is 0 Å². The van der Waals surface area contributed by atoms with Gasteiger partial charge in [0.2, 0.25) is 0 Å². The van der Waals surface area contributed by atoms with Crippen molar-refractivity contribution < 1.29 is 15.0 Å². The summed E-state index contributed by atoms with van der Waals surface area (Å²) in [6, 6.07) is -0.750. The van der Waals surface area contributed by atoms with Crippen molar-refractivity contribution in [3.63, 3.8) is 0 Å². The van der Waals surface area contributed by atoms with Crippen molar-refractivity contribution in [3.05, 3.63) is 11.3 Å². The predicted molar refractivity (Wildman–Crippen MR) is 62.4 cm³/mol. The summed E-state index contributed by atoms with van der Waals surface area (Å²) in [5, 5.41) is 23.5. The Morgan fingerprint density at radius 2 is 2.18 bits per heavy atom. The molecule has 0 aliphatic heterocycles. The van der Waals surface area contributed by atoms with Gasteiger partial charge in [-0.1, -0.05) is 6.42 Å². The predicted octanol–water partition coefficient (Wildman–Crippen LogP) is 0.778. The maximum atomic E-state index is 10.5. The van der Waals surface area contributed by atoms with Crippen LogP contribution in [0.2, 0.25) is 0 Å². The first-order valence-electron chi connectivity index (χ1n) is 5.82. The van der Waals surface area contributed by atoms with Gasteiger partial charge in [0.1, 0.15) is 11.5 Å². The van der Waals surface area contributed by atoms with Crippen molar-refractivity contribution in [3.8, 4) is 0 Å². The molecule has 2 aliphatic carbocycles. The van der Waals surface area contributed by atoms with E-state index in [4.69, 9.17) is 5.73 Å². The molecule has 2 aliphatic rings. The fourth-order valence-corrected chi connectivity index (χ4v) is 2.61. The summed E-state index contributed by atoms with van der Waals surface area (Å²) >= 11 is 0. The molecule has 0 heterocycles. The van der Waals surface area contributed by atoms with Crippen LogP contribution < -0.4 is 11.2 Å². The Kier molecular flexibility index (Phi) is 3.33. The van der Waals surface area contributed by atoms with Crippen LogP contribution in [0.1, 0.15) is 32.1 Å². The SMILES string of the molecule is NC(=O)N/N=C1/CCC([C@H]2CCC[C@H]2O)=C1O. The van der Waals surface area contributed by atoms with Gasteiger partial charge in [-0.05, 0) is 31.3 Å². The number of allylic oxidation sites excluding steroid dienone is 1. The maximum absolute atomic E-state index is 10.5. The van der Waals surface area contributed by atoms with E-state index < -0.39 is 6.03 Å². The van der Waals surface area contributed by atoms with Gasteiger partial charge in [-0.15, -0.1) is 0 Å². The van der Waals surface area contributed by atoms with E-state index in [9.17, 15) is 15.0 Å². The average molecular weight is 239 g/mol. The number of hydrogen-bond acceptors (Lipinski definition) is 4. The normalized spacial score (nSPS) is 31.2. The molecule has 0 saturated heterocycles. The lowest BCUT2D eigenvalue weighted by atomic mass is 9.94. The topological polar surface area (TPSA) is 108 Å². The molecular formula is C11H17N3O3. The average Bonchev–Trinajstić information content (AvgIpc) is 2.82. The van der Waals surface area contributed by atoms with E-state index in [0.717, 1.165) is 24.8 Å². The molecule has 0 radical (unpaired) electrons. The minimum Gasteiger partial charge on any atom is -0.506 e. The Hall–Kier alpha value is -1.56. The highest BCUT2D eigenvalue weighted by Gasteiger charge is 2.34. The molecule has 94 valence electrons. The zero-order valence-corrected chi connectivity index (χ0v) is 9.52. The van der Waals surface area contributed by atoms with E-state index >= 15 is 0 Å². The van der Waals surface area contributed by atoms with Crippen LogP contribution in [0.25, 0.3) is 0 Å². The van der Waals surface area contributed by atoms with Crippen molar-refractivity contribution in [2.75, 3.05) is 0 Å². The Morgan fingerprint density at radius 3 is 2.76 bits per heavy atom. The van der Waals surface area contributed by atoms with Crippen molar-refractivity contribution in [1.82, 2.24) is 5.43 Å². The van der Waals surface area contributed by atoms with E-state index in [2.05, 4.69) is 10.5 Å². The quantitative estimate of drug-likeness (QED) is 0.534. The Balaban J connectivity index is 2.13. The smallest absolute Gasteiger partial charge is 0.332 e. The highest BCUT2D eigenvalue weighted by atomic mass is 16.3. The maximum Gasteiger partial charge on any atom is 0.332 e. The van der Waals surface area contributed by atoms with Crippen LogP contribution in [0.15, 0.2) is 16.4 Å². The Labute approximate surface area is 99.2 Å². The molecular weight excluding hydrogens is 222 g/mol. The zero-order chi connectivity index (χ0) is 12.4. The lowest BCUT2D eigenvalue weighted by Gasteiger charge is -2.15. The first-order chi connectivity index (χ1) is 8.09.